The second kappa shape index (κ2) is 5.17. The van der Waals surface area contributed by atoms with Gasteiger partial charge in [0.2, 0.25) is 0 Å². The summed E-state index contributed by atoms with van der Waals surface area (Å²) in [5.74, 6) is 0.772. The van der Waals surface area contributed by atoms with Gasteiger partial charge < -0.3 is 15.6 Å². The van der Waals surface area contributed by atoms with Crippen LogP contribution >= 0.6 is 0 Å². The number of hydrogen-bond acceptors (Lipinski definition) is 3. The highest BCUT2D eigenvalue weighted by atomic mass is 16.5. The molecular weight excluding hydrogens is 262 g/mol. The number of ether oxygens (including phenoxy) is 1. The molecule has 0 spiro atoms. The summed E-state index contributed by atoms with van der Waals surface area (Å²) in [6.45, 7) is 3.98. The van der Waals surface area contributed by atoms with Crippen molar-refractivity contribution in [1.82, 2.24) is 0 Å². The van der Waals surface area contributed by atoms with Gasteiger partial charge in [0.1, 0.15) is 11.4 Å². The van der Waals surface area contributed by atoms with E-state index in [-0.39, 0.29) is 12.1 Å². The lowest BCUT2D eigenvalue weighted by atomic mass is 9.88. The number of aliphatic hydroxyl groups is 1. The van der Waals surface area contributed by atoms with Crippen LogP contribution in [-0.2, 0) is 5.60 Å². The molecule has 0 aromatic heterocycles. The van der Waals surface area contributed by atoms with Crippen LogP contribution in [0.2, 0.25) is 0 Å². The molecule has 0 aliphatic heterocycles. The highest BCUT2D eigenvalue weighted by Crippen LogP contribution is 2.46. The molecule has 0 bridgehead atoms. The van der Waals surface area contributed by atoms with E-state index in [0.717, 1.165) is 22.4 Å². The van der Waals surface area contributed by atoms with Crippen LogP contribution in [0.1, 0.15) is 43.0 Å². The van der Waals surface area contributed by atoms with E-state index in [0.29, 0.717) is 6.42 Å². The van der Waals surface area contributed by atoms with Crippen LogP contribution in [0.25, 0.3) is 0 Å². The zero-order valence-electron chi connectivity index (χ0n) is 12.4. The van der Waals surface area contributed by atoms with Crippen molar-refractivity contribution in [3.05, 3.63) is 65.2 Å². The fourth-order valence-electron chi connectivity index (χ4n) is 3.11. The van der Waals surface area contributed by atoms with Gasteiger partial charge in [-0.2, -0.15) is 0 Å². The molecule has 21 heavy (non-hydrogen) atoms. The quantitative estimate of drug-likeness (QED) is 0.910. The molecule has 0 fully saturated rings. The minimum Gasteiger partial charge on any atom is -0.491 e. The molecule has 110 valence electrons. The van der Waals surface area contributed by atoms with Crippen LogP contribution in [0.4, 0.5) is 0 Å². The van der Waals surface area contributed by atoms with Crippen LogP contribution in [0.3, 0.4) is 0 Å². The first kappa shape index (κ1) is 14.1. The summed E-state index contributed by atoms with van der Waals surface area (Å²) in [5.41, 5.74) is 7.91. The largest absolute Gasteiger partial charge is 0.491 e. The van der Waals surface area contributed by atoms with E-state index in [1.165, 1.54) is 0 Å². The van der Waals surface area contributed by atoms with Gasteiger partial charge in [0.05, 0.1) is 6.10 Å². The molecule has 3 N–H and O–H groups in total. The first-order valence-corrected chi connectivity index (χ1v) is 7.35. The zero-order valence-corrected chi connectivity index (χ0v) is 12.4. The molecule has 1 aliphatic carbocycles. The van der Waals surface area contributed by atoms with Crippen molar-refractivity contribution in [3.63, 3.8) is 0 Å². The third-order valence-electron chi connectivity index (χ3n) is 4.00. The Kier molecular flexibility index (Phi) is 3.47. The summed E-state index contributed by atoms with van der Waals surface area (Å²) in [6, 6.07) is 15.4. The Morgan fingerprint density at radius 1 is 1.19 bits per heavy atom. The minimum atomic E-state index is -1.04. The molecule has 0 radical (unpaired) electrons. The summed E-state index contributed by atoms with van der Waals surface area (Å²) in [4.78, 5) is 0. The Morgan fingerprint density at radius 3 is 2.71 bits per heavy atom. The van der Waals surface area contributed by atoms with E-state index < -0.39 is 5.60 Å². The summed E-state index contributed by atoms with van der Waals surface area (Å²) in [5, 5.41) is 11.2. The Balaban J connectivity index is 2.04. The average molecular weight is 283 g/mol. The number of benzene rings is 2. The first-order chi connectivity index (χ1) is 10.0. The van der Waals surface area contributed by atoms with Crippen LogP contribution in [0.5, 0.6) is 5.75 Å². The molecule has 2 aromatic rings. The van der Waals surface area contributed by atoms with E-state index in [1.54, 1.807) is 0 Å². The van der Waals surface area contributed by atoms with Crippen molar-refractivity contribution in [2.45, 2.75) is 38.0 Å². The SMILES string of the molecule is CC(C)Oc1cccc(C2(O)CC(N)c3ccccc32)c1. The lowest BCUT2D eigenvalue weighted by Crippen LogP contribution is -2.25. The maximum absolute atomic E-state index is 11.2. The maximum Gasteiger partial charge on any atom is 0.120 e. The van der Waals surface area contributed by atoms with Gasteiger partial charge in [0.25, 0.3) is 0 Å². The van der Waals surface area contributed by atoms with Gasteiger partial charge in [0.15, 0.2) is 0 Å². The second-order valence-corrected chi connectivity index (χ2v) is 5.95. The lowest BCUT2D eigenvalue weighted by molar-refractivity contribution is 0.0771. The topological polar surface area (TPSA) is 55.5 Å². The molecule has 3 rings (SSSR count). The van der Waals surface area contributed by atoms with E-state index in [2.05, 4.69) is 0 Å². The van der Waals surface area contributed by atoms with Crippen LogP contribution in [0, 0.1) is 0 Å². The highest BCUT2D eigenvalue weighted by molar-refractivity contribution is 5.48. The summed E-state index contributed by atoms with van der Waals surface area (Å²) in [6.07, 6.45) is 0.602. The molecule has 0 amide bonds. The van der Waals surface area contributed by atoms with Gasteiger partial charge in [-0.3, -0.25) is 0 Å². The van der Waals surface area contributed by atoms with Crippen molar-refractivity contribution >= 4 is 0 Å². The summed E-state index contributed by atoms with van der Waals surface area (Å²) < 4.78 is 5.73. The molecule has 3 nitrogen and oxygen atoms in total. The van der Waals surface area contributed by atoms with Crippen molar-refractivity contribution in [2.24, 2.45) is 5.73 Å². The van der Waals surface area contributed by atoms with E-state index in [4.69, 9.17) is 10.5 Å². The molecular formula is C18H21NO2. The van der Waals surface area contributed by atoms with Crippen LogP contribution in [0.15, 0.2) is 48.5 Å². The monoisotopic (exact) mass is 283 g/mol. The highest BCUT2D eigenvalue weighted by Gasteiger charge is 2.42. The maximum atomic E-state index is 11.2. The van der Waals surface area contributed by atoms with E-state index >= 15 is 0 Å². The van der Waals surface area contributed by atoms with Gasteiger partial charge in [-0.1, -0.05) is 36.4 Å². The van der Waals surface area contributed by atoms with Gasteiger partial charge in [-0.25, -0.2) is 0 Å². The molecule has 0 heterocycles. The fraction of sp³-hybridized carbons (Fsp3) is 0.333. The predicted octanol–water partition coefficient (Wildman–Crippen LogP) is 3.11. The third-order valence-corrected chi connectivity index (χ3v) is 4.00. The number of fused-ring (bicyclic) bond motifs is 1. The van der Waals surface area contributed by atoms with Gasteiger partial charge in [-0.15, -0.1) is 0 Å². The van der Waals surface area contributed by atoms with Crippen LogP contribution in [-0.4, -0.2) is 11.2 Å². The van der Waals surface area contributed by atoms with Crippen molar-refractivity contribution in [1.29, 1.82) is 0 Å². The fourth-order valence-corrected chi connectivity index (χ4v) is 3.11. The van der Waals surface area contributed by atoms with E-state index in [1.807, 2.05) is 62.4 Å². The summed E-state index contributed by atoms with van der Waals surface area (Å²) in [7, 11) is 0. The molecule has 3 heteroatoms. The van der Waals surface area contributed by atoms with Gasteiger partial charge in [0, 0.05) is 12.5 Å². The smallest absolute Gasteiger partial charge is 0.120 e. The first-order valence-electron chi connectivity index (χ1n) is 7.35. The van der Waals surface area contributed by atoms with Crippen molar-refractivity contribution in [3.8, 4) is 5.75 Å². The second-order valence-electron chi connectivity index (χ2n) is 5.95. The molecule has 2 aromatic carbocycles. The number of nitrogens with two attached hydrogens (primary N) is 1. The number of hydrogen-bond donors (Lipinski definition) is 2. The Hall–Kier alpha value is -1.84. The van der Waals surface area contributed by atoms with Crippen LogP contribution < -0.4 is 10.5 Å². The Bertz CT molecular complexity index is 653. The third kappa shape index (κ3) is 2.43. The number of rotatable bonds is 3. The van der Waals surface area contributed by atoms with Gasteiger partial charge in [-0.05, 0) is 42.7 Å². The summed E-state index contributed by atoms with van der Waals surface area (Å²) >= 11 is 0. The normalized spacial score (nSPS) is 24.1. The molecule has 2 unspecified atom stereocenters. The zero-order chi connectivity index (χ0) is 15.0. The average Bonchev–Trinajstić information content (AvgIpc) is 2.72. The molecule has 0 saturated carbocycles. The molecule has 0 saturated heterocycles. The van der Waals surface area contributed by atoms with Crippen molar-refractivity contribution < 1.29 is 9.84 Å². The predicted molar refractivity (Wildman–Crippen MR) is 83.2 cm³/mol. The standard InChI is InChI=1S/C18H21NO2/c1-12(2)21-14-7-5-6-13(10-14)18(20)11-17(19)15-8-3-4-9-16(15)18/h3-10,12,17,20H,11,19H2,1-2H3. The Labute approximate surface area is 125 Å². The lowest BCUT2D eigenvalue weighted by Gasteiger charge is -2.25. The van der Waals surface area contributed by atoms with E-state index in [9.17, 15) is 5.11 Å². The molecule has 1 aliphatic rings. The van der Waals surface area contributed by atoms with Crippen molar-refractivity contribution in [2.75, 3.05) is 0 Å². The Morgan fingerprint density at radius 2 is 1.95 bits per heavy atom. The minimum absolute atomic E-state index is 0.105. The van der Waals surface area contributed by atoms with Gasteiger partial charge >= 0.3 is 0 Å². The molecule has 2 atom stereocenters.